The molecule has 0 aliphatic rings. The topological polar surface area (TPSA) is 30.5 Å². The highest BCUT2D eigenvalue weighted by Crippen LogP contribution is 2.29. The summed E-state index contributed by atoms with van der Waals surface area (Å²) in [5, 5.41) is 3.02. The summed E-state index contributed by atoms with van der Waals surface area (Å²) in [7, 11) is 1.59. The molecule has 0 aliphatic carbocycles. The van der Waals surface area contributed by atoms with Crippen LogP contribution in [0.1, 0.15) is 11.1 Å². The normalized spacial score (nSPS) is 11.8. The van der Waals surface area contributed by atoms with E-state index < -0.39 is 11.7 Å². The molecule has 1 N–H and O–H groups in total. The maximum atomic E-state index is 12.5. The lowest BCUT2D eigenvalue weighted by Gasteiger charge is -2.09. The number of halogens is 3. The molecule has 0 heterocycles. The number of hydrogen-bond acceptors (Lipinski definition) is 3. The Kier molecular flexibility index (Phi) is 6.83. The number of rotatable bonds is 8. The van der Waals surface area contributed by atoms with E-state index in [0.717, 1.165) is 12.1 Å². The van der Waals surface area contributed by atoms with E-state index >= 15 is 0 Å². The van der Waals surface area contributed by atoms with Crippen LogP contribution >= 0.6 is 0 Å². The molecular formula is C13H18F3NO2. The molecule has 1 aromatic rings. The van der Waals surface area contributed by atoms with Gasteiger partial charge in [-0.2, -0.15) is 13.2 Å². The molecule has 19 heavy (non-hydrogen) atoms. The van der Waals surface area contributed by atoms with Gasteiger partial charge in [0, 0.05) is 20.2 Å². The molecular weight excluding hydrogens is 259 g/mol. The number of alkyl halides is 3. The van der Waals surface area contributed by atoms with E-state index in [2.05, 4.69) is 5.32 Å². The van der Waals surface area contributed by atoms with Gasteiger partial charge in [0.2, 0.25) is 0 Å². The molecule has 0 radical (unpaired) electrons. The molecule has 1 rings (SSSR count). The summed E-state index contributed by atoms with van der Waals surface area (Å²) in [6.07, 6.45) is -4.29. The Morgan fingerprint density at radius 3 is 2.63 bits per heavy atom. The first-order chi connectivity index (χ1) is 9.04. The van der Waals surface area contributed by atoms with Crippen LogP contribution in [-0.2, 0) is 22.2 Å². The van der Waals surface area contributed by atoms with Crippen LogP contribution in [0.2, 0.25) is 0 Å². The van der Waals surface area contributed by atoms with E-state index in [1.807, 2.05) is 0 Å². The first-order valence-electron chi connectivity index (χ1n) is 5.97. The van der Waals surface area contributed by atoms with Crippen molar-refractivity contribution in [1.82, 2.24) is 5.32 Å². The first-order valence-corrected chi connectivity index (χ1v) is 5.97. The van der Waals surface area contributed by atoms with E-state index in [4.69, 9.17) is 9.47 Å². The van der Waals surface area contributed by atoms with E-state index in [0.29, 0.717) is 38.5 Å². The molecule has 6 heteroatoms. The molecule has 0 bridgehead atoms. The van der Waals surface area contributed by atoms with Crippen LogP contribution in [0.4, 0.5) is 13.2 Å². The number of ether oxygens (including phenoxy) is 2. The van der Waals surface area contributed by atoms with Crippen molar-refractivity contribution < 1.29 is 22.6 Å². The maximum absolute atomic E-state index is 12.5. The van der Waals surface area contributed by atoms with Crippen molar-refractivity contribution >= 4 is 0 Å². The lowest BCUT2D eigenvalue weighted by atomic mass is 10.1. The number of benzene rings is 1. The SMILES string of the molecule is COCCOCCNCc1cccc(C(F)(F)F)c1. The highest BCUT2D eigenvalue weighted by Gasteiger charge is 2.30. The Labute approximate surface area is 110 Å². The molecule has 0 saturated heterocycles. The summed E-state index contributed by atoms with van der Waals surface area (Å²) >= 11 is 0. The third-order valence-corrected chi connectivity index (χ3v) is 2.44. The van der Waals surface area contributed by atoms with Crippen molar-refractivity contribution in [2.45, 2.75) is 12.7 Å². The molecule has 3 nitrogen and oxygen atoms in total. The Hall–Kier alpha value is -1.11. The molecule has 0 saturated carbocycles. The molecule has 0 spiro atoms. The van der Waals surface area contributed by atoms with Gasteiger partial charge >= 0.3 is 6.18 Å². The highest BCUT2D eigenvalue weighted by molar-refractivity contribution is 5.25. The summed E-state index contributed by atoms with van der Waals surface area (Å²) in [6.45, 7) is 2.52. The van der Waals surface area contributed by atoms with E-state index in [-0.39, 0.29) is 0 Å². The smallest absolute Gasteiger partial charge is 0.382 e. The van der Waals surface area contributed by atoms with Crippen LogP contribution in [-0.4, -0.2) is 33.5 Å². The third kappa shape index (κ3) is 6.56. The number of methoxy groups -OCH3 is 1. The fourth-order valence-corrected chi connectivity index (χ4v) is 1.48. The minimum Gasteiger partial charge on any atom is -0.382 e. The zero-order valence-electron chi connectivity index (χ0n) is 10.8. The standard InChI is InChI=1S/C13H18F3NO2/c1-18-7-8-19-6-5-17-10-11-3-2-4-12(9-11)13(14,15)16/h2-4,9,17H,5-8,10H2,1H3. The molecule has 0 aromatic heterocycles. The van der Waals surface area contributed by atoms with Gasteiger partial charge in [-0.3, -0.25) is 0 Å². The van der Waals surface area contributed by atoms with E-state index in [1.54, 1.807) is 13.2 Å². The van der Waals surface area contributed by atoms with Crippen LogP contribution in [0.25, 0.3) is 0 Å². The molecule has 0 atom stereocenters. The summed E-state index contributed by atoms with van der Waals surface area (Å²) in [6, 6.07) is 5.29. The lowest BCUT2D eigenvalue weighted by Crippen LogP contribution is -2.20. The van der Waals surface area contributed by atoms with Crippen LogP contribution < -0.4 is 5.32 Å². The van der Waals surface area contributed by atoms with Crippen molar-refractivity contribution in [1.29, 1.82) is 0 Å². The lowest BCUT2D eigenvalue weighted by molar-refractivity contribution is -0.137. The van der Waals surface area contributed by atoms with Gasteiger partial charge in [0.05, 0.1) is 25.4 Å². The van der Waals surface area contributed by atoms with Crippen LogP contribution in [0.15, 0.2) is 24.3 Å². The summed E-state index contributed by atoms with van der Waals surface area (Å²) < 4.78 is 47.5. The highest BCUT2D eigenvalue weighted by atomic mass is 19.4. The third-order valence-electron chi connectivity index (χ3n) is 2.44. The Morgan fingerprint density at radius 1 is 1.16 bits per heavy atom. The molecule has 0 unspecified atom stereocenters. The average Bonchev–Trinajstić information content (AvgIpc) is 2.37. The fourth-order valence-electron chi connectivity index (χ4n) is 1.48. The van der Waals surface area contributed by atoms with Gasteiger partial charge in [-0.05, 0) is 11.6 Å². The monoisotopic (exact) mass is 277 g/mol. The molecule has 0 aliphatic heterocycles. The second kappa shape index (κ2) is 8.14. The summed E-state index contributed by atoms with van der Waals surface area (Å²) in [4.78, 5) is 0. The van der Waals surface area contributed by atoms with Gasteiger partial charge in [0.1, 0.15) is 0 Å². The van der Waals surface area contributed by atoms with Gasteiger partial charge in [-0.1, -0.05) is 18.2 Å². The Bertz CT molecular complexity index is 369. The first kappa shape index (κ1) is 15.9. The Balaban J connectivity index is 2.26. The van der Waals surface area contributed by atoms with Gasteiger partial charge in [-0.15, -0.1) is 0 Å². The predicted molar refractivity (Wildman–Crippen MR) is 65.8 cm³/mol. The number of nitrogens with one attached hydrogen (secondary N) is 1. The van der Waals surface area contributed by atoms with Crippen LogP contribution in [0.3, 0.4) is 0 Å². The van der Waals surface area contributed by atoms with E-state index in [1.165, 1.54) is 6.07 Å². The molecule has 0 fully saturated rings. The number of hydrogen-bond donors (Lipinski definition) is 1. The largest absolute Gasteiger partial charge is 0.416 e. The quantitative estimate of drug-likeness (QED) is 0.740. The minimum atomic E-state index is -4.29. The second-order valence-electron chi connectivity index (χ2n) is 3.98. The molecule has 0 amide bonds. The van der Waals surface area contributed by atoms with Gasteiger partial charge in [-0.25, -0.2) is 0 Å². The fraction of sp³-hybridized carbons (Fsp3) is 0.538. The predicted octanol–water partition coefficient (Wildman–Crippen LogP) is 2.46. The van der Waals surface area contributed by atoms with Crippen molar-refractivity contribution in [3.63, 3.8) is 0 Å². The van der Waals surface area contributed by atoms with Crippen molar-refractivity contribution in [2.75, 3.05) is 33.5 Å². The summed E-state index contributed by atoms with van der Waals surface area (Å²) in [5.41, 5.74) is -0.0186. The molecule has 108 valence electrons. The van der Waals surface area contributed by atoms with Gasteiger partial charge < -0.3 is 14.8 Å². The molecule has 1 aromatic carbocycles. The zero-order valence-corrected chi connectivity index (χ0v) is 10.8. The van der Waals surface area contributed by atoms with Crippen LogP contribution in [0, 0.1) is 0 Å². The van der Waals surface area contributed by atoms with Crippen LogP contribution in [0.5, 0.6) is 0 Å². The van der Waals surface area contributed by atoms with E-state index in [9.17, 15) is 13.2 Å². The van der Waals surface area contributed by atoms with Crippen molar-refractivity contribution in [3.8, 4) is 0 Å². The minimum absolute atomic E-state index is 0.386. The Morgan fingerprint density at radius 2 is 1.95 bits per heavy atom. The zero-order chi connectivity index (χ0) is 14.1. The average molecular weight is 277 g/mol. The van der Waals surface area contributed by atoms with Gasteiger partial charge in [0.25, 0.3) is 0 Å². The van der Waals surface area contributed by atoms with Gasteiger partial charge in [0.15, 0.2) is 0 Å². The van der Waals surface area contributed by atoms with Crippen molar-refractivity contribution in [3.05, 3.63) is 35.4 Å². The second-order valence-corrected chi connectivity index (χ2v) is 3.98. The summed E-state index contributed by atoms with van der Waals surface area (Å²) in [5.74, 6) is 0. The maximum Gasteiger partial charge on any atom is 0.416 e. The van der Waals surface area contributed by atoms with Crippen molar-refractivity contribution in [2.24, 2.45) is 0 Å².